The first-order chi connectivity index (χ1) is 10.1. The summed E-state index contributed by atoms with van der Waals surface area (Å²) in [5.74, 6) is 0.178. The number of halogens is 2. The predicted octanol–water partition coefficient (Wildman–Crippen LogP) is 5.42. The largest absolute Gasteiger partial charge is 0.508 e. The van der Waals surface area contributed by atoms with Gasteiger partial charge in [0.1, 0.15) is 5.75 Å². The van der Waals surface area contributed by atoms with Gasteiger partial charge in [-0.2, -0.15) is 0 Å². The lowest BCUT2D eigenvalue weighted by atomic mass is 9.97. The van der Waals surface area contributed by atoms with E-state index in [4.69, 9.17) is 6.42 Å². The molecule has 0 fully saturated rings. The maximum absolute atomic E-state index is 13.6. The van der Waals surface area contributed by atoms with Crippen LogP contribution in [0.2, 0.25) is 0 Å². The van der Waals surface area contributed by atoms with Crippen molar-refractivity contribution >= 4 is 10.8 Å². The van der Waals surface area contributed by atoms with Crippen LogP contribution in [0.5, 0.6) is 5.75 Å². The Labute approximate surface area is 125 Å². The summed E-state index contributed by atoms with van der Waals surface area (Å²) < 4.78 is 26.9. The number of rotatable bonds is 1. The fourth-order valence-electron chi connectivity index (χ4n) is 1.97. The Morgan fingerprint density at radius 1 is 1.10 bits per heavy atom. The molecule has 0 aliphatic carbocycles. The molecule has 0 atom stereocenters. The Kier molecular flexibility index (Phi) is 8.08. The van der Waals surface area contributed by atoms with E-state index in [2.05, 4.69) is 5.92 Å². The zero-order chi connectivity index (χ0) is 16.6. The van der Waals surface area contributed by atoms with E-state index in [0.717, 1.165) is 6.07 Å². The molecule has 0 saturated carbocycles. The van der Waals surface area contributed by atoms with Crippen LogP contribution >= 0.6 is 0 Å². The Balaban J connectivity index is 0.000000921. The molecule has 2 aromatic carbocycles. The Morgan fingerprint density at radius 3 is 2.14 bits per heavy atom. The van der Waals surface area contributed by atoms with Crippen molar-refractivity contribution in [3.05, 3.63) is 41.0 Å². The molecule has 0 amide bonds. The summed E-state index contributed by atoms with van der Waals surface area (Å²) >= 11 is 0. The average molecular weight is 292 g/mol. The van der Waals surface area contributed by atoms with Crippen LogP contribution < -0.4 is 0 Å². The molecule has 2 aromatic rings. The van der Waals surface area contributed by atoms with Crippen molar-refractivity contribution in [3.63, 3.8) is 0 Å². The third kappa shape index (κ3) is 3.95. The van der Waals surface area contributed by atoms with Crippen LogP contribution in [0, 0.1) is 24.0 Å². The second kappa shape index (κ2) is 8.97. The van der Waals surface area contributed by atoms with Crippen molar-refractivity contribution in [1.29, 1.82) is 0 Å². The third-order valence-electron chi connectivity index (χ3n) is 2.72. The number of phenols is 1. The van der Waals surface area contributed by atoms with Crippen molar-refractivity contribution in [2.75, 3.05) is 0 Å². The van der Waals surface area contributed by atoms with Gasteiger partial charge in [-0.15, -0.1) is 6.42 Å². The molecule has 114 valence electrons. The molecule has 0 spiro atoms. The van der Waals surface area contributed by atoms with E-state index < -0.39 is 11.6 Å². The van der Waals surface area contributed by atoms with E-state index in [0.29, 0.717) is 22.8 Å². The standard InChI is InChI=1S/C14H10F2O.2C2H6/c1-3-8-5-10(17)6-9-7-12(15)14(16)11(4-2)13(8)9;2*1-2/h2,5-7,17H,3H2,1H3;2*1-2H3. The van der Waals surface area contributed by atoms with Crippen molar-refractivity contribution in [1.82, 2.24) is 0 Å². The molecule has 0 unspecified atom stereocenters. The maximum atomic E-state index is 13.6. The van der Waals surface area contributed by atoms with Crippen LogP contribution in [-0.4, -0.2) is 5.11 Å². The number of phenolic OH excluding ortho intramolecular Hbond substituents is 1. The minimum absolute atomic E-state index is 0.0170. The molecule has 2 rings (SSSR count). The fourth-order valence-corrected chi connectivity index (χ4v) is 1.97. The molecule has 0 bridgehead atoms. The molecule has 0 heterocycles. The van der Waals surface area contributed by atoms with Gasteiger partial charge in [0.25, 0.3) is 0 Å². The van der Waals surface area contributed by atoms with E-state index in [9.17, 15) is 13.9 Å². The van der Waals surface area contributed by atoms with E-state index in [-0.39, 0.29) is 11.3 Å². The van der Waals surface area contributed by atoms with Gasteiger partial charge in [0.2, 0.25) is 0 Å². The van der Waals surface area contributed by atoms with Gasteiger partial charge in [-0.1, -0.05) is 40.5 Å². The van der Waals surface area contributed by atoms with Gasteiger partial charge in [-0.05, 0) is 35.6 Å². The normalized spacial score (nSPS) is 9.05. The number of hydrogen-bond donors (Lipinski definition) is 1. The summed E-state index contributed by atoms with van der Waals surface area (Å²) in [7, 11) is 0. The van der Waals surface area contributed by atoms with Crippen LogP contribution in [-0.2, 0) is 6.42 Å². The number of aryl methyl sites for hydroxylation is 1. The highest BCUT2D eigenvalue weighted by atomic mass is 19.2. The highest BCUT2D eigenvalue weighted by Crippen LogP contribution is 2.30. The molecule has 0 aliphatic heterocycles. The molecule has 0 aromatic heterocycles. The lowest BCUT2D eigenvalue weighted by Crippen LogP contribution is -1.95. The summed E-state index contributed by atoms with van der Waals surface area (Å²) in [4.78, 5) is 0. The minimum atomic E-state index is -1.01. The Bertz CT molecular complexity index is 640. The minimum Gasteiger partial charge on any atom is -0.508 e. The van der Waals surface area contributed by atoms with Crippen molar-refractivity contribution in [2.45, 2.75) is 41.0 Å². The van der Waals surface area contributed by atoms with E-state index in [1.165, 1.54) is 12.1 Å². The summed E-state index contributed by atoms with van der Waals surface area (Å²) in [6, 6.07) is 3.93. The van der Waals surface area contributed by atoms with E-state index in [1.54, 1.807) is 0 Å². The van der Waals surface area contributed by atoms with Crippen molar-refractivity contribution in [3.8, 4) is 18.1 Å². The van der Waals surface area contributed by atoms with Crippen LogP contribution in [0.3, 0.4) is 0 Å². The average Bonchev–Trinajstić information content (AvgIpc) is 2.52. The number of hydrogen-bond acceptors (Lipinski definition) is 1. The quantitative estimate of drug-likeness (QED) is 0.696. The molecule has 1 nitrogen and oxygen atoms in total. The van der Waals surface area contributed by atoms with Gasteiger partial charge in [0, 0.05) is 5.39 Å². The summed E-state index contributed by atoms with van der Waals surface area (Å²) in [6.07, 6.45) is 5.80. The van der Waals surface area contributed by atoms with Crippen LogP contribution in [0.15, 0.2) is 18.2 Å². The first kappa shape index (κ1) is 18.9. The second-order valence-corrected chi connectivity index (χ2v) is 3.75. The summed E-state index contributed by atoms with van der Waals surface area (Å²) in [5.41, 5.74) is 0.615. The van der Waals surface area contributed by atoms with Crippen LogP contribution in [0.4, 0.5) is 8.78 Å². The number of aromatic hydroxyl groups is 1. The second-order valence-electron chi connectivity index (χ2n) is 3.75. The smallest absolute Gasteiger partial charge is 0.175 e. The number of terminal acetylenes is 1. The Morgan fingerprint density at radius 2 is 1.67 bits per heavy atom. The van der Waals surface area contributed by atoms with Gasteiger partial charge in [0.15, 0.2) is 11.6 Å². The van der Waals surface area contributed by atoms with Crippen LogP contribution in [0.1, 0.15) is 45.7 Å². The molecule has 3 heteroatoms. The summed E-state index contributed by atoms with van der Waals surface area (Å²) in [6.45, 7) is 9.86. The SMILES string of the molecule is C#Cc1c(F)c(F)cc2cc(O)cc(CC)c12.CC.CC. The molecule has 0 saturated heterocycles. The van der Waals surface area contributed by atoms with Gasteiger partial charge >= 0.3 is 0 Å². The highest BCUT2D eigenvalue weighted by Gasteiger charge is 2.15. The highest BCUT2D eigenvalue weighted by molar-refractivity contribution is 5.92. The van der Waals surface area contributed by atoms with Gasteiger partial charge in [0.05, 0.1) is 5.56 Å². The van der Waals surface area contributed by atoms with Crippen molar-refractivity contribution < 1.29 is 13.9 Å². The maximum Gasteiger partial charge on any atom is 0.175 e. The zero-order valence-electron chi connectivity index (χ0n) is 13.2. The van der Waals surface area contributed by atoms with E-state index in [1.807, 2.05) is 34.6 Å². The van der Waals surface area contributed by atoms with Gasteiger partial charge in [-0.25, -0.2) is 8.78 Å². The first-order valence-electron chi connectivity index (χ1n) is 7.18. The molecular weight excluding hydrogens is 270 g/mol. The topological polar surface area (TPSA) is 20.2 Å². The molecule has 0 aliphatic rings. The Hall–Kier alpha value is -2.08. The predicted molar refractivity (Wildman–Crippen MR) is 85.5 cm³/mol. The van der Waals surface area contributed by atoms with E-state index >= 15 is 0 Å². The van der Waals surface area contributed by atoms with Crippen LogP contribution in [0.25, 0.3) is 10.8 Å². The first-order valence-corrected chi connectivity index (χ1v) is 7.18. The molecular formula is C18H22F2O. The van der Waals surface area contributed by atoms with Gasteiger partial charge in [-0.3, -0.25) is 0 Å². The number of fused-ring (bicyclic) bond motifs is 1. The lowest BCUT2D eigenvalue weighted by molar-refractivity contribution is 0.475. The van der Waals surface area contributed by atoms with Gasteiger partial charge < -0.3 is 5.11 Å². The lowest BCUT2D eigenvalue weighted by Gasteiger charge is -2.09. The molecule has 1 N–H and O–H groups in total. The summed E-state index contributed by atoms with van der Waals surface area (Å²) in [5, 5.41) is 10.4. The molecule has 0 radical (unpaired) electrons. The third-order valence-corrected chi connectivity index (χ3v) is 2.72. The molecule has 21 heavy (non-hydrogen) atoms. The van der Waals surface area contributed by atoms with Crippen molar-refractivity contribution in [2.24, 2.45) is 0 Å². The fraction of sp³-hybridized carbons (Fsp3) is 0.333. The monoisotopic (exact) mass is 292 g/mol. The zero-order valence-corrected chi connectivity index (χ0v) is 13.2. The number of benzene rings is 2.